The van der Waals surface area contributed by atoms with Crippen LogP contribution in [0.15, 0.2) is 59.0 Å². The number of carbonyl (C=O) groups is 1. The highest BCUT2D eigenvalue weighted by Gasteiger charge is 2.16. The summed E-state index contributed by atoms with van der Waals surface area (Å²) in [7, 11) is 0. The largest absolute Gasteiger partial charge is 0.493 e. The Morgan fingerprint density at radius 2 is 2.09 bits per heavy atom. The lowest BCUT2D eigenvalue weighted by Crippen LogP contribution is -1.95. The van der Waals surface area contributed by atoms with Gasteiger partial charge in [0.25, 0.3) is 5.91 Å². The molecule has 3 aromatic rings. The summed E-state index contributed by atoms with van der Waals surface area (Å²) in [5, 5.41) is 18.9. The Morgan fingerprint density at radius 3 is 2.83 bits per heavy atom. The fourth-order valence-electron chi connectivity index (χ4n) is 2.46. The molecule has 0 fully saturated rings. The highest BCUT2D eigenvalue weighted by Crippen LogP contribution is 2.38. The third kappa shape index (κ3) is 2.83. The van der Waals surface area contributed by atoms with Gasteiger partial charge in [-0.1, -0.05) is 25.1 Å². The maximum Gasteiger partial charge on any atom is 0.296 e. The van der Waals surface area contributed by atoms with Gasteiger partial charge < -0.3 is 9.67 Å². The zero-order valence-corrected chi connectivity index (χ0v) is 12.7. The molecule has 0 unspecified atom stereocenters. The van der Waals surface area contributed by atoms with Crippen LogP contribution in [-0.4, -0.2) is 20.6 Å². The van der Waals surface area contributed by atoms with Crippen LogP contribution >= 0.6 is 0 Å². The summed E-state index contributed by atoms with van der Waals surface area (Å²) in [4.78, 5) is 15.9. The SMILES string of the molecule is CCCn1c(O)c(N=NC(=O)c2cccnc2)c2ccccc21. The van der Waals surface area contributed by atoms with E-state index >= 15 is 0 Å². The van der Waals surface area contributed by atoms with E-state index in [0.29, 0.717) is 17.8 Å². The number of amides is 1. The summed E-state index contributed by atoms with van der Waals surface area (Å²) in [6, 6.07) is 10.8. The van der Waals surface area contributed by atoms with E-state index < -0.39 is 5.91 Å². The van der Waals surface area contributed by atoms with Crippen molar-refractivity contribution in [3.05, 3.63) is 54.4 Å². The molecule has 0 atom stereocenters. The van der Waals surface area contributed by atoms with Crippen LogP contribution in [0.1, 0.15) is 23.7 Å². The molecule has 1 aromatic carbocycles. The van der Waals surface area contributed by atoms with Crippen molar-refractivity contribution in [3.63, 3.8) is 0 Å². The number of hydrogen-bond donors (Lipinski definition) is 1. The monoisotopic (exact) mass is 308 g/mol. The van der Waals surface area contributed by atoms with E-state index in [4.69, 9.17) is 0 Å². The van der Waals surface area contributed by atoms with Crippen molar-refractivity contribution in [2.75, 3.05) is 0 Å². The number of nitrogens with zero attached hydrogens (tertiary/aromatic N) is 4. The number of rotatable bonds is 4. The Labute approximate surface area is 133 Å². The molecular weight excluding hydrogens is 292 g/mol. The van der Waals surface area contributed by atoms with Gasteiger partial charge in [-0.2, -0.15) is 0 Å². The Morgan fingerprint density at radius 1 is 1.26 bits per heavy atom. The van der Waals surface area contributed by atoms with Gasteiger partial charge in [0.1, 0.15) is 0 Å². The number of hydrogen-bond acceptors (Lipinski definition) is 4. The predicted octanol–water partition coefficient (Wildman–Crippen LogP) is 4.08. The summed E-state index contributed by atoms with van der Waals surface area (Å²) in [5.74, 6) is -0.472. The number of para-hydroxylation sites is 1. The van der Waals surface area contributed by atoms with Crippen LogP contribution in [0.3, 0.4) is 0 Å². The van der Waals surface area contributed by atoms with E-state index in [-0.39, 0.29) is 5.88 Å². The summed E-state index contributed by atoms with van der Waals surface area (Å²) < 4.78 is 1.78. The van der Waals surface area contributed by atoms with E-state index in [2.05, 4.69) is 15.2 Å². The van der Waals surface area contributed by atoms with Crippen molar-refractivity contribution in [1.29, 1.82) is 0 Å². The number of carbonyl (C=O) groups excluding carboxylic acids is 1. The molecule has 0 radical (unpaired) electrons. The molecule has 2 heterocycles. The van der Waals surface area contributed by atoms with Gasteiger partial charge in [-0.05, 0) is 24.6 Å². The van der Waals surface area contributed by atoms with Crippen molar-refractivity contribution >= 4 is 22.5 Å². The van der Waals surface area contributed by atoms with Crippen LogP contribution in [0, 0.1) is 0 Å². The first-order chi connectivity index (χ1) is 11.2. The van der Waals surface area contributed by atoms with Crippen LogP contribution in [0.2, 0.25) is 0 Å². The normalized spacial score (nSPS) is 11.3. The van der Waals surface area contributed by atoms with Gasteiger partial charge >= 0.3 is 0 Å². The highest BCUT2D eigenvalue weighted by molar-refractivity contribution is 5.97. The minimum atomic E-state index is -0.496. The third-order valence-electron chi connectivity index (χ3n) is 3.51. The van der Waals surface area contributed by atoms with Crippen molar-refractivity contribution in [3.8, 4) is 5.88 Å². The molecule has 6 nitrogen and oxygen atoms in total. The van der Waals surface area contributed by atoms with Gasteiger partial charge in [0.2, 0.25) is 5.88 Å². The van der Waals surface area contributed by atoms with E-state index in [9.17, 15) is 9.90 Å². The van der Waals surface area contributed by atoms with E-state index in [1.807, 2.05) is 31.2 Å². The molecule has 0 saturated carbocycles. The second-order valence-electron chi connectivity index (χ2n) is 5.09. The minimum Gasteiger partial charge on any atom is -0.493 e. The van der Waals surface area contributed by atoms with Crippen LogP contribution < -0.4 is 0 Å². The molecular formula is C17H16N4O2. The number of aryl methyl sites for hydroxylation is 1. The maximum absolute atomic E-state index is 12.0. The molecule has 0 aliphatic heterocycles. The van der Waals surface area contributed by atoms with Crippen LogP contribution in [0.4, 0.5) is 5.69 Å². The van der Waals surface area contributed by atoms with Gasteiger partial charge in [-0.3, -0.25) is 9.78 Å². The fourth-order valence-corrected chi connectivity index (χ4v) is 2.46. The molecule has 0 aliphatic carbocycles. The molecule has 23 heavy (non-hydrogen) atoms. The third-order valence-corrected chi connectivity index (χ3v) is 3.51. The van der Waals surface area contributed by atoms with Gasteiger partial charge in [0.15, 0.2) is 5.69 Å². The number of aromatic nitrogens is 2. The summed E-state index contributed by atoms with van der Waals surface area (Å²) >= 11 is 0. The molecule has 0 aliphatic rings. The number of aromatic hydroxyl groups is 1. The lowest BCUT2D eigenvalue weighted by molar-refractivity contribution is 0.0994. The van der Waals surface area contributed by atoms with Gasteiger partial charge in [-0.25, -0.2) is 0 Å². The average Bonchev–Trinajstić information content (AvgIpc) is 2.86. The number of pyridine rings is 1. The quantitative estimate of drug-likeness (QED) is 0.737. The molecule has 1 amide bonds. The standard InChI is InChI=1S/C17H16N4O2/c1-2-10-21-14-8-4-3-7-13(14)15(17(21)23)19-20-16(22)12-6-5-9-18-11-12/h3-9,11,23H,2,10H2,1H3. The average molecular weight is 308 g/mol. The second-order valence-corrected chi connectivity index (χ2v) is 5.09. The first-order valence-corrected chi connectivity index (χ1v) is 7.38. The Hall–Kier alpha value is -3.02. The van der Waals surface area contributed by atoms with Crippen LogP contribution in [0.5, 0.6) is 5.88 Å². The Kier molecular flexibility index (Phi) is 4.14. The summed E-state index contributed by atoms with van der Waals surface area (Å²) in [6.07, 6.45) is 3.89. The topological polar surface area (TPSA) is 79.8 Å². The molecule has 3 rings (SSSR count). The zero-order chi connectivity index (χ0) is 16.2. The van der Waals surface area contributed by atoms with E-state index in [0.717, 1.165) is 17.3 Å². The minimum absolute atomic E-state index is 0.0239. The van der Waals surface area contributed by atoms with Crippen LogP contribution in [-0.2, 0) is 6.54 Å². The van der Waals surface area contributed by atoms with Crippen LogP contribution in [0.25, 0.3) is 10.9 Å². The van der Waals surface area contributed by atoms with Gasteiger partial charge in [-0.15, -0.1) is 10.2 Å². The van der Waals surface area contributed by atoms with Gasteiger partial charge in [0.05, 0.1) is 11.1 Å². The molecule has 1 N–H and O–H groups in total. The lowest BCUT2D eigenvalue weighted by Gasteiger charge is -2.03. The molecule has 0 saturated heterocycles. The second kappa shape index (κ2) is 6.39. The Bertz CT molecular complexity index is 869. The van der Waals surface area contributed by atoms with E-state index in [1.165, 1.54) is 6.20 Å². The molecule has 116 valence electrons. The zero-order valence-electron chi connectivity index (χ0n) is 12.7. The van der Waals surface area contributed by atoms with Gasteiger partial charge in [0, 0.05) is 24.3 Å². The van der Waals surface area contributed by atoms with Crippen molar-refractivity contribution in [2.24, 2.45) is 10.2 Å². The Balaban J connectivity index is 2.01. The smallest absolute Gasteiger partial charge is 0.296 e. The predicted molar refractivity (Wildman–Crippen MR) is 87.0 cm³/mol. The van der Waals surface area contributed by atoms with Crippen molar-refractivity contribution in [1.82, 2.24) is 9.55 Å². The first-order valence-electron chi connectivity index (χ1n) is 7.38. The number of fused-ring (bicyclic) bond motifs is 1. The number of azo groups is 1. The number of benzene rings is 1. The maximum atomic E-state index is 12.0. The summed E-state index contributed by atoms with van der Waals surface area (Å²) in [5.41, 5.74) is 1.54. The fraction of sp³-hybridized carbons (Fsp3) is 0.176. The van der Waals surface area contributed by atoms with Crippen molar-refractivity contribution < 1.29 is 9.90 Å². The lowest BCUT2D eigenvalue weighted by atomic mass is 10.2. The highest BCUT2D eigenvalue weighted by atomic mass is 16.3. The van der Waals surface area contributed by atoms with Crippen molar-refractivity contribution in [2.45, 2.75) is 19.9 Å². The first kappa shape index (κ1) is 14.9. The van der Waals surface area contributed by atoms with E-state index in [1.54, 1.807) is 22.9 Å². The molecule has 0 spiro atoms. The molecule has 6 heteroatoms. The molecule has 2 aromatic heterocycles. The molecule has 0 bridgehead atoms. The summed E-state index contributed by atoms with van der Waals surface area (Å²) in [6.45, 7) is 2.69.